The summed E-state index contributed by atoms with van der Waals surface area (Å²) in [4.78, 5) is 6.11. The topological polar surface area (TPSA) is 62.9 Å². The van der Waals surface area contributed by atoms with Crippen molar-refractivity contribution >= 4 is 5.96 Å². The Balaban J connectivity index is 1.78. The summed E-state index contributed by atoms with van der Waals surface area (Å²) in [7, 11) is 3.59. The van der Waals surface area contributed by atoms with Crippen molar-refractivity contribution in [2.24, 2.45) is 4.99 Å². The van der Waals surface area contributed by atoms with Gasteiger partial charge < -0.3 is 19.5 Å². The summed E-state index contributed by atoms with van der Waals surface area (Å²) in [6, 6.07) is 8.28. The number of ether oxygens (including phenoxy) is 1. The summed E-state index contributed by atoms with van der Waals surface area (Å²) < 4.78 is 24.2. The van der Waals surface area contributed by atoms with Crippen LogP contribution < -0.4 is 10.1 Å². The molecule has 6 nitrogen and oxygen atoms in total. The number of hydrogen-bond donors (Lipinski definition) is 1. The normalized spacial score (nSPS) is 11.4. The molecule has 2 aromatic rings. The molecule has 130 valence electrons. The van der Waals surface area contributed by atoms with Crippen molar-refractivity contribution in [2.75, 3.05) is 27.2 Å². The number of para-hydroxylation sites is 1. The number of nitrogens with zero attached hydrogens (tertiary/aromatic N) is 3. The second-order valence-corrected chi connectivity index (χ2v) is 5.24. The van der Waals surface area contributed by atoms with Gasteiger partial charge in [0.05, 0.1) is 18.8 Å². The Kier molecular flexibility index (Phi) is 6.60. The van der Waals surface area contributed by atoms with Gasteiger partial charge in [-0.2, -0.15) is 0 Å². The highest BCUT2D eigenvalue weighted by molar-refractivity contribution is 5.79. The zero-order chi connectivity index (χ0) is 17.4. The molecule has 0 bridgehead atoms. The van der Waals surface area contributed by atoms with E-state index >= 15 is 0 Å². The minimum atomic E-state index is -0.361. The van der Waals surface area contributed by atoms with E-state index in [9.17, 15) is 4.39 Å². The molecule has 0 unspecified atom stereocenters. The molecule has 0 saturated carbocycles. The van der Waals surface area contributed by atoms with Crippen molar-refractivity contribution in [1.82, 2.24) is 15.4 Å². The predicted octanol–water partition coefficient (Wildman–Crippen LogP) is 2.46. The molecule has 0 fully saturated rings. The molecular formula is C17H23FN4O2. The predicted molar refractivity (Wildman–Crippen MR) is 90.6 cm³/mol. The van der Waals surface area contributed by atoms with Gasteiger partial charge in [-0.1, -0.05) is 24.2 Å². The maximum atomic E-state index is 13.5. The van der Waals surface area contributed by atoms with E-state index in [1.807, 2.05) is 24.9 Å². The van der Waals surface area contributed by atoms with Crippen LogP contribution in [0.2, 0.25) is 0 Å². The number of aryl methyl sites for hydroxylation is 1. The average molecular weight is 334 g/mol. The lowest BCUT2D eigenvalue weighted by molar-refractivity contribution is 0.269. The van der Waals surface area contributed by atoms with Gasteiger partial charge in [-0.05, 0) is 18.6 Å². The second kappa shape index (κ2) is 8.90. The van der Waals surface area contributed by atoms with Crippen LogP contribution in [0.3, 0.4) is 0 Å². The molecule has 0 saturated heterocycles. The van der Waals surface area contributed by atoms with Gasteiger partial charge in [-0.25, -0.2) is 4.39 Å². The SMILES string of the molecule is CCc1cc(CNC(=NC)N(C)CCOc2ccccc2F)on1. The molecule has 0 radical (unpaired) electrons. The third-order valence-corrected chi connectivity index (χ3v) is 3.49. The lowest BCUT2D eigenvalue weighted by atomic mass is 10.3. The first kappa shape index (κ1) is 17.8. The fourth-order valence-electron chi connectivity index (χ4n) is 2.12. The summed E-state index contributed by atoms with van der Waals surface area (Å²) in [6.45, 7) is 3.43. The van der Waals surface area contributed by atoms with Crippen LogP contribution >= 0.6 is 0 Å². The van der Waals surface area contributed by atoms with Crippen molar-refractivity contribution in [1.29, 1.82) is 0 Å². The minimum absolute atomic E-state index is 0.252. The lowest BCUT2D eigenvalue weighted by Crippen LogP contribution is -2.40. The average Bonchev–Trinajstić information content (AvgIpc) is 3.05. The molecule has 1 N–H and O–H groups in total. The van der Waals surface area contributed by atoms with Gasteiger partial charge >= 0.3 is 0 Å². The molecule has 1 aromatic heterocycles. The Bertz CT molecular complexity index is 672. The van der Waals surface area contributed by atoms with Crippen molar-refractivity contribution in [2.45, 2.75) is 19.9 Å². The van der Waals surface area contributed by atoms with Gasteiger partial charge in [0.1, 0.15) is 6.61 Å². The van der Waals surface area contributed by atoms with E-state index in [4.69, 9.17) is 9.26 Å². The summed E-state index contributed by atoms with van der Waals surface area (Å²) in [5.41, 5.74) is 0.924. The van der Waals surface area contributed by atoms with Crippen LogP contribution in [0.1, 0.15) is 18.4 Å². The Morgan fingerprint density at radius 1 is 1.42 bits per heavy atom. The maximum absolute atomic E-state index is 13.5. The number of likely N-dealkylation sites (N-methyl/N-ethyl adjacent to an activating group) is 1. The third-order valence-electron chi connectivity index (χ3n) is 3.49. The molecular weight excluding hydrogens is 311 g/mol. The van der Waals surface area contributed by atoms with Gasteiger partial charge in [0, 0.05) is 20.2 Å². The lowest BCUT2D eigenvalue weighted by Gasteiger charge is -2.21. The van der Waals surface area contributed by atoms with Crippen molar-refractivity contribution in [3.05, 3.63) is 47.6 Å². The van der Waals surface area contributed by atoms with Crippen LogP contribution in [0, 0.1) is 5.82 Å². The zero-order valence-electron chi connectivity index (χ0n) is 14.3. The van der Waals surface area contributed by atoms with Crippen LogP contribution in [0.25, 0.3) is 0 Å². The number of aliphatic imine (C=N–C) groups is 1. The van der Waals surface area contributed by atoms with E-state index in [1.54, 1.807) is 25.2 Å². The monoisotopic (exact) mass is 334 g/mol. The number of hydrogen-bond acceptors (Lipinski definition) is 4. The third kappa shape index (κ3) is 4.97. The standard InChI is InChI=1S/C17H23FN4O2/c1-4-13-11-14(24-21-13)12-20-17(19-2)22(3)9-10-23-16-8-6-5-7-15(16)18/h5-8,11H,4,9-10,12H2,1-3H3,(H,19,20). The molecule has 1 aromatic carbocycles. The molecule has 2 rings (SSSR count). The molecule has 0 aliphatic heterocycles. The Morgan fingerprint density at radius 2 is 2.21 bits per heavy atom. The highest BCUT2D eigenvalue weighted by Gasteiger charge is 2.09. The van der Waals surface area contributed by atoms with Gasteiger partial charge in [-0.15, -0.1) is 0 Å². The Hall–Kier alpha value is -2.57. The number of halogens is 1. The van der Waals surface area contributed by atoms with Crippen LogP contribution in [0.4, 0.5) is 4.39 Å². The number of aromatic nitrogens is 1. The first-order valence-corrected chi connectivity index (χ1v) is 7.87. The summed E-state index contributed by atoms with van der Waals surface area (Å²) >= 11 is 0. The highest BCUT2D eigenvalue weighted by Crippen LogP contribution is 2.15. The van der Waals surface area contributed by atoms with E-state index in [-0.39, 0.29) is 11.6 Å². The zero-order valence-corrected chi connectivity index (χ0v) is 14.3. The quantitative estimate of drug-likeness (QED) is 0.622. The molecule has 24 heavy (non-hydrogen) atoms. The minimum Gasteiger partial charge on any atom is -0.489 e. The Labute approximate surface area is 141 Å². The van der Waals surface area contributed by atoms with E-state index < -0.39 is 0 Å². The molecule has 0 spiro atoms. The second-order valence-electron chi connectivity index (χ2n) is 5.24. The van der Waals surface area contributed by atoms with E-state index in [0.29, 0.717) is 25.7 Å². The molecule has 0 atom stereocenters. The van der Waals surface area contributed by atoms with Gasteiger partial charge in [0.2, 0.25) is 0 Å². The van der Waals surface area contributed by atoms with Crippen molar-refractivity contribution in [3.63, 3.8) is 0 Å². The number of benzene rings is 1. The first-order valence-electron chi connectivity index (χ1n) is 7.87. The molecule has 7 heteroatoms. The van der Waals surface area contributed by atoms with Gasteiger partial charge in [0.25, 0.3) is 0 Å². The maximum Gasteiger partial charge on any atom is 0.193 e. The van der Waals surface area contributed by atoms with Crippen molar-refractivity contribution in [3.8, 4) is 5.75 Å². The van der Waals surface area contributed by atoms with E-state index in [0.717, 1.165) is 17.9 Å². The molecule has 0 aliphatic rings. The van der Waals surface area contributed by atoms with Gasteiger partial charge in [-0.3, -0.25) is 4.99 Å². The smallest absolute Gasteiger partial charge is 0.193 e. The molecule has 0 amide bonds. The van der Waals surface area contributed by atoms with E-state index in [1.165, 1.54) is 6.07 Å². The highest BCUT2D eigenvalue weighted by atomic mass is 19.1. The summed E-state index contributed by atoms with van der Waals surface area (Å²) in [6.07, 6.45) is 0.839. The summed E-state index contributed by atoms with van der Waals surface area (Å²) in [5.74, 6) is 1.34. The fraction of sp³-hybridized carbons (Fsp3) is 0.412. The largest absolute Gasteiger partial charge is 0.489 e. The van der Waals surface area contributed by atoms with Crippen molar-refractivity contribution < 1.29 is 13.7 Å². The van der Waals surface area contributed by atoms with Crippen LogP contribution in [0.5, 0.6) is 5.75 Å². The van der Waals surface area contributed by atoms with Crippen LogP contribution in [0.15, 0.2) is 39.8 Å². The fourth-order valence-corrected chi connectivity index (χ4v) is 2.12. The molecule has 0 aliphatic carbocycles. The van der Waals surface area contributed by atoms with Gasteiger partial charge in [0.15, 0.2) is 23.3 Å². The Morgan fingerprint density at radius 3 is 2.88 bits per heavy atom. The number of nitrogens with one attached hydrogen (secondary N) is 1. The number of rotatable bonds is 7. The van der Waals surface area contributed by atoms with Crippen LogP contribution in [-0.2, 0) is 13.0 Å². The van der Waals surface area contributed by atoms with Crippen LogP contribution in [-0.4, -0.2) is 43.3 Å². The molecule has 1 heterocycles. The summed E-state index contributed by atoms with van der Waals surface area (Å²) in [5, 5.41) is 7.15. The first-order chi connectivity index (χ1) is 11.6. The van der Waals surface area contributed by atoms with E-state index in [2.05, 4.69) is 15.5 Å². The number of guanidine groups is 1.